The molecule has 8 nitrogen and oxygen atoms in total. The van der Waals surface area contributed by atoms with Crippen molar-refractivity contribution < 1.29 is 28.7 Å². The van der Waals surface area contributed by atoms with Crippen LogP contribution in [0.2, 0.25) is 0 Å². The van der Waals surface area contributed by atoms with Gasteiger partial charge in [0.2, 0.25) is 11.8 Å². The van der Waals surface area contributed by atoms with E-state index in [-0.39, 0.29) is 51.0 Å². The molecule has 5 aliphatic carbocycles. The van der Waals surface area contributed by atoms with Crippen LogP contribution >= 0.6 is 0 Å². The van der Waals surface area contributed by atoms with Crippen molar-refractivity contribution in [1.29, 1.82) is 0 Å². The summed E-state index contributed by atoms with van der Waals surface area (Å²) in [5.74, 6) is 2.37. The third-order valence-electron chi connectivity index (χ3n) is 16.7. The summed E-state index contributed by atoms with van der Waals surface area (Å²) in [5, 5.41) is 6.35. The third kappa shape index (κ3) is 7.73. The Morgan fingerprint density at radius 2 is 1.40 bits per heavy atom. The van der Waals surface area contributed by atoms with Gasteiger partial charge in [0.05, 0.1) is 12.5 Å². The summed E-state index contributed by atoms with van der Waals surface area (Å²) < 4.78 is 10.6. The SMILES string of the molecule is C=C(C)[C@@H]1CC[C@]2(C(=O)NCCCCCCCC(=O)NCCCC(=O)OC)CC[C@]3(C)[C@H](CC[C@@H]4[C@@]5(C)CC[C@H](OC(C)=O)C(C)(C)[C@@H]5CC[C@]43C)[C@@H]12. The maximum atomic E-state index is 14.5. The highest BCUT2D eigenvalue weighted by Crippen LogP contribution is 2.77. The van der Waals surface area contributed by atoms with Gasteiger partial charge in [-0.2, -0.15) is 0 Å². The van der Waals surface area contributed by atoms with Gasteiger partial charge in [-0.1, -0.05) is 66.0 Å². The highest BCUT2D eigenvalue weighted by Gasteiger charge is 2.72. The van der Waals surface area contributed by atoms with Crippen LogP contribution in [-0.2, 0) is 28.7 Å². The van der Waals surface area contributed by atoms with E-state index < -0.39 is 0 Å². The second-order valence-corrected chi connectivity index (χ2v) is 19.6. The molecule has 0 bridgehead atoms. The summed E-state index contributed by atoms with van der Waals surface area (Å²) in [7, 11) is 1.38. The first-order chi connectivity index (χ1) is 25.0. The molecule has 5 aliphatic rings. The molecule has 0 heterocycles. The van der Waals surface area contributed by atoms with E-state index in [0.29, 0.717) is 61.3 Å². The minimum atomic E-state index is -0.299. The summed E-state index contributed by atoms with van der Waals surface area (Å²) >= 11 is 0. The van der Waals surface area contributed by atoms with Crippen molar-refractivity contribution in [1.82, 2.24) is 10.6 Å². The van der Waals surface area contributed by atoms with Crippen LogP contribution in [0.1, 0.15) is 164 Å². The van der Waals surface area contributed by atoms with Crippen molar-refractivity contribution in [3.05, 3.63) is 12.2 Å². The molecule has 5 fully saturated rings. The first kappa shape index (κ1) is 41.8. The number of hydrogen-bond donors (Lipinski definition) is 2. The minimum Gasteiger partial charge on any atom is -0.469 e. The number of rotatable bonds is 15. The minimum absolute atomic E-state index is 0.00613. The molecule has 8 heteroatoms. The fourth-order valence-corrected chi connectivity index (χ4v) is 13.9. The number of unbranched alkanes of at least 4 members (excludes halogenated alkanes) is 4. The van der Waals surface area contributed by atoms with E-state index in [0.717, 1.165) is 77.2 Å². The molecule has 0 saturated heterocycles. The van der Waals surface area contributed by atoms with Crippen molar-refractivity contribution in [2.24, 2.45) is 56.7 Å². The summed E-state index contributed by atoms with van der Waals surface area (Å²) in [5.41, 5.74) is 1.52. The maximum Gasteiger partial charge on any atom is 0.305 e. The van der Waals surface area contributed by atoms with Crippen LogP contribution in [0, 0.1) is 56.7 Å². The Morgan fingerprint density at radius 1 is 0.698 bits per heavy atom. The molecule has 0 aliphatic heterocycles. The Kier molecular flexibility index (Phi) is 12.9. The highest BCUT2D eigenvalue weighted by molar-refractivity contribution is 5.84. The van der Waals surface area contributed by atoms with Gasteiger partial charge < -0.3 is 20.1 Å². The fourth-order valence-electron chi connectivity index (χ4n) is 13.9. The van der Waals surface area contributed by atoms with Gasteiger partial charge in [-0.25, -0.2) is 0 Å². The van der Waals surface area contributed by atoms with Crippen LogP contribution in [-0.4, -0.2) is 50.1 Å². The smallest absolute Gasteiger partial charge is 0.305 e. The van der Waals surface area contributed by atoms with E-state index in [9.17, 15) is 19.2 Å². The van der Waals surface area contributed by atoms with Gasteiger partial charge in [-0.05, 0) is 136 Å². The predicted octanol–water partition coefficient (Wildman–Crippen LogP) is 9.10. The van der Waals surface area contributed by atoms with Crippen LogP contribution < -0.4 is 10.6 Å². The number of carbonyl (C=O) groups is 4. The van der Waals surface area contributed by atoms with E-state index in [1.54, 1.807) is 6.92 Å². The average Bonchev–Trinajstić information content (AvgIpc) is 3.50. The van der Waals surface area contributed by atoms with E-state index in [1.807, 2.05) is 0 Å². The molecule has 2 amide bonds. The number of allylic oxidation sites excluding steroid dienone is 1. The lowest BCUT2D eigenvalue weighted by Gasteiger charge is -2.72. The number of ether oxygens (including phenoxy) is 2. The van der Waals surface area contributed by atoms with Crippen LogP contribution in [0.15, 0.2) is 12.2 Å². The second-order valence-electron chi connectivity index (χ2n) is 19.6. The number of amides is 2. The summed E-state index contributed by atoms with van der Waals surface area (Å²) in [6, 6.07) is 0. The van der Waals surface area contributed by atoms with Gasteiger partial charge in [-0.3, -0.25) is 19.2 Å². The largest absolute Gasteiger partial charge is 0.469 e. The number of nitrogens with one attached hydrogen (secondary N) is 2. The number of hydrogen-bond acceptors (Lipinski definition) is 6. The molecule has 10 atom stereocenters. The lowest BCUT2D eigenvalue weighted by Crippen LogP contribution is -2.67. The van der Waals surface area contributed by atoms with E-state index in [4.69, 9.17) is 4.74 Å². The van der Waals surface area contributed by atoms with Crippen LogP contribution in [0.4, 0.5) is 0 Å². The van der Waals surface area contributed by atoms with Crippen molar-refractivity contribution in [3.8, 4) is 0 Å². The Labute approximate surface area is 321 Å². The Bertz CT molecular complexity index is 1380. The van der Waals surface area contributed by atoms with Crippen molar-refractivity contribution in [2.45, 2.75) is 170 Å². The Morgan fingerprint density at radius 3 is 2.09 bits per heavy atom. The Hall–Kier alpha value is -2.38. The molecule has 5 saturated carbocycles. The van der Waals surface area contributed by atoms with E-state index >= 15 is 0 Å². The zero-order valence-corrected chi connectivity index (χ0v) is 34.8. The fraction of sp³-hybridized carbons (Fsp3) is 0.867. The van der Waals surface area contributed by atoms with Crippen molar-refractivity contribution >= 4 is 23.8 Å². The standard InChI is InChI=1S/C45H74N2O6/c1-30(2)32-20-25-45(40(51)47-28-14-12-10-11-13-16-37(49)46-29-15-17-38(50)52-9)27-26-43(7)33(39(32)45)18-19-35-42(6)23-22-36(53-31(3)48)41(4,5)34(42)21-24-44(35,43)8/h32-36,39H,1,10-29H2,2-9H3,(H,46,49)(H,47,51)/t32-,33+,34-,35+,36-,39+,42-,43+,44+,45-/m0/s1. The summed E-state index contributed by atoms with van der Waals surface area (Å²) in [4.78, 5) is 49.8. The number of esters is 2. The molecular weight excluding hydrogens is 665 g/mol. The molecule has 0 aromatic heterocycles. The lowest BCUT2D eigenvalue weighted by molar-refractivity contribution is -0.248. The second kappa shape index (κ2) is 16.4. The monoisotopic (exact) mass is 739 g/mol. The van der Waals surface area contributed by atoms with E-state index in [2.05, 4.69) is 63.5 Å². The topological polar surface area (TPSA) is 111 Å². The lowest BCUT2D eigenvalue weighted by atomic mass is 9.32. The molecule has 0 aromatic carbocycles. The normalized spacial score (nSPS) is 38.3. The van der Waals surface area contributed by atoms with Gasteiger partial charge >= 0.3 is 11.9 Å². The van der Waals surface area contributed by atoms with Crippen LogP contribution in [0.25, 0.3) is 0 Å². The molecule has 0 spiro atoms. The summed E-state index contributed by atoms with van der Waals surface area (Å²) in [6.07, 6.45) is 17.4. The molecule has 0 aromatic rings. The number of methoxy groups -OCH3 is 1. The van der Waals surface area contributed by atoms with Gasteiger partial charge in [0.1, 0.15) is 6.10 Å². The van der Waals surface area contributed by atoms with Gasteiger partial charge in [0.15, 0.2) is 0 Å². The zero-order valence-electron chi connectivity index (χ0n) is 34.8. The quantitative estimate of drug-likeness (QED) is 0.0986. The Balaban J connectivity index is 1.18. The molecule has 53 heavy (non-hydrogen) atoms. The van der Waals surface area contributed by atoms with E-state index in [1.165, 1.54) is 38.4 Å². The van der Waals surface area contributed by atoms with Crippen LogP contribution in [0.5, 0.6) is 0 Å². The molecule has 300 valence electrons. The maximum absolute atomic E-state index is 14.5. The zero-order chi connectivity index (χ0) is 38.8. The van der Waals surface area contributed by atoms with Crippen molar-refractivity contribution in [2.75, 3.05) is 20.2 Å². The average molecular weight is 739 g/mol. The third-order valence-corrected chi connectivity index (χ3v) is 16.7. The summed E-state index contributed by atoms with van der Waals surface area (Å²) in [6.45, 7) is 22.1. The molecule has 5 rings (SSSR count). The molecule has 2 N–H and O–H groups in total. The highest BCUT2D eigenvalue weighted by atomic mass is 16.5. The predicted molar refractivity (Wildman–Crippen MR) is 209 cm³/mol. The molecule has 0 radical (unpaired) electrons. The van der Waals surface area contributed by atoms with Gasteiger partial charge in [-0.15, -0.1) is 0 Å². The molecular formula is C45H74N2O6. The van der Waals surface area contributed by atoms with Crippen molar-refractivity contribution in [3.63, 3.8) is 0 Å². The van der Waals surface area contributed by atoms with Gasteiger partial charge in [0.25, 0.3) is 0 Å². The first-order valence-corrected chi connectivity index (χ1v) is 21.4. The first-order valence-electron chi connectivity index (χ1n) is 21.4. The van der Waals surface area contributed by atoms with Crippen LogP contribution in [0.3, 0.4) is 0 Å². The number of carbonyl (C=O) groups excluding carboxylic acids is 4. The number of fused-ring (bicyclic) bond motifs is 7. The van der Waals surface area contributed by atoms with Gasteiger partial charge in [0, 0.05) is 38.3 Å². The molecule has 0 unspecified atom stereocenters.